The fraction of sp³-hybridized carbons (Fsp3) is 0.250. The van der Waals surface area contributed by atoms with Gasteiger partial charge in [0.1, 0.15) is 0 Å². The van der Waals surface area contributed by atoms with Gasteiger partial charge in [-0.25, -0.2) is 0 Å². The first-order chi connectivity index (χ1) is 8.77. The summed E-state index contributed by atoms with van der Waals surface area (Å²) in [4.78, 5) is 5.73. The number of rotatable bonds is 3. The van der Waals surface area contributed by atoms with Crippen LogP contribution >= 0.6 is 0 Å². The highest BCUT2D eigenvalue weighted by atomic mass is 16.8. The predicted octanol–water partition coefficient (Wildman–Crippen LogP) is 4.00. The van der Waals surface area contributed by atoms with Crippen molar-refractivity contribution in [1.82, 2.24) is 5.06 Å². The molecule has 0 aliphatic carbocycles. The summed E-state index contributed by atoms with van der Waals surface area (Å²) in [5.74, 6) is 0. The van der Waals surface area contributed by atoms with Gasteiger partial charge in [0.25, 0.3) is 0 Å². The van der Waals surface area contributed by atoms with E-state index < -0.39 is 0 Å². The number of hydrogen-bond donors (Lipinski definition) is 0. The molecule has 2 nitrogen and oxygen atoms in total. The second kappa shape index (κ2) is 4.56. The molecule has 2 aromatic rings. The van der Waals surface area contributed by atoms with Crippen molar-refractivity contribution >= 4 is 0 Å². The summed E-state index contributed by atoms with van der Waals surface area (Å²) in [5, 5.41) is 2.05. The number of hydroxylamine groups is 2. The Morgan fingerprint density at radius 3 is 2.39 bits per heavy atom. The van der Waals surface area contributed by atoms with Crippen molar-refractivity contribution in [2.24, 2.45) is 0 Å². The van der Waals surface area contributed by atoms with Crippen molar-refractivity contribution in [3.05, 3.63) is 71.3 Å². The molecule has 1 aliphatic rings. The molecule has 1 saturated heterocycles. The third kappa shape index (κ3) is 2.05. The molecular weight excluding hydrogens is 222 g/mol. The third-order valence-corrected chi connectivity index (χ3v) is 3.53. The monoisotopic (exact) mass is 239 g/mol. The summed E-state index contributed by atoms with van der Waals surface area (Å²) in [5.41, 5.74) is 3.83. The van der Waals surface area contributed by atoms with Crippen LogP contribution in [0.5, 0.6) is 0 Å². The first-order valence-corrected chi connectivity index (χ1v) is 6.33. The van der Waals surface area contributed by atoms with Crippen LogP contribution in [0, 0.1) is 6.92 Å². The molecule has 0 amide bonds. The number of aryl methyl sites for hydroxylation is 1. The summed E-state index contributed by atoms with van der Waals surface area (Å²) in [7, 11) is 0. The van der Waals surface area contributed by atoms with E-state index in [9.17, 15) is 0 Å². The van der Waals surface area contributed by atoms with E-state index in [1.165, 1.54) is 16.7 Å². The second-order valence-corrected chi connectivity index (χ2v) is 4.76. The van der Waals surface area contributed by atoms with Crippen LogP contribution in [-0.2, 0) is 4.84 Å². The van der Waals surface area contributed by atoms with Crippen molar-refractivity contribution in [2.45, 2.75) is 26.1 Å². The average Bonchev–Trinajstić information content (AvgIpc) is 3.20. The fourth-order valence-corrected chi connectivity index (χ4v) is 2.32. The highest BCUT2D eigenvalue weighted by molar-refractivity contribution is 5.29. The Bertz CT molecular complexity index is 538. The smallest absolute Gasteiger partial charge is 0.180 e. The summed E-state index contributed by atoms with van der Waals surface area (Å²) < 4.78 is 0. The predicted molar refractivity (Wildman–Crippen MR) is 71.7 cm³/mol. The van der Waals surface area contributed by atoms with Gasteiger partial charge in [0, 0.05) is 5.56 Å². The molecule has 0 radical (unpaired) electrons. The highest BCUT2D eigenvalue weighted by Crippen LogP contribution is 2.45. The average molecular weight is 239 g/mol. The van der Waals surface area contributed by atoms with Crippen LogP contribution < -0.4 is 0 Å². The Kier molecular flexibility index (Phi) is 2.90. The molecule has 0 spiro atoms. The second-order valence-electron chi connectivity index (χ2n) is 4.76. The van der Waals surface area contributed by atoms with Gasteiger partial charge in [0.2, 0.25) is 0 Å². The van der Waals surface area contributed by atoms with E-state index in [2.05, 4.69) is 67.4 Å². The molecule has 3 atom stereocenters. The molecule has 92 valence electrons. The van der Waals surface area contributed by atoms with Crippen LogP contribution in [0.25, 0.3) is 0 Å². The Morgan fingerprint density at radius 2 is 1.67 bits per heavy atom. The largest absolute Gasteiger partial charge is 0.269 e. The van der Waals surface area contributed by atoms with Crippen molar-refractivity contribution < 1.29 is 4.84 Å². The minimum atomic E-state index is 0.112. The van der Waals surface area contributed by atoms with Crippen LogP contribution in [0.15, 0.2) is 54.6 Å². The van der Waals surface area contributed by atoms with Gasteiger partial charge in [0.15, 0.2) is 6.23 Å². The van der Waals surface area contributed by atoms with Crippen molar-refractivity contribution in [2.75, 3.05) is 0 Å². The Balaban J connectivity index is 1.77. The third-order valence-electron chi connectivity index (χ3n) is 3.53. The number of hydrogen-bond acceptors (Lipinski definition) is 2. The maximum atomic E-state index is 5.73. The van der Waals surface area contributed by atoms with Gasteiger partial charge >= 0.3 is 0 Å². The molecule has 1 fully saturated rings. The molecule has 0 N–H and O–H groups in total. The fourth-order valence-electron chi connectivity index (χ4n) is 2.32. The lowest BCUT2D eigenvalue weighted by Crippen LogP contribution is -2.06. The zero-order valence-electron chi connectivity index (χ0n) is 10.7. The molecule has 1 aliphatic heterocycles. The maximum Gasteiger partial charge on any atom is 0.180 e. The molecule has 3 rings (SSSR count). The van der Waals surface area contributed by atoms with E-state index >= 15 is 0 Å². The van der Waals surface area contributed by atoms with Gasteiger partial charge in [-0.15, -0.1) is 5.06 Å². The highest BCUT2D eigenvalue weighted by Gasteiger charge is 2.42. The Morgan fingerprint density at radius 1 is 1.00 bits per heavy atom. The summed E-state index contributed by atoms with van der Waals surface area (Å²) in [6.07, 6.45) is 0.112. The Hall–Kier alpha value is -1.64. The van der Waals surface area contributed by atoms with E-state index in [4.69, 9.17) is 4.84 Å². The SMILES string of the molecule is Cc1ccccc1[C@@H]1ON1[C@H](C)c1ccccc1. The summed E-state index contributed by atoms with van der Waals surface area (Å²) in [6, 6.07) is 19.1. The van der Waals surface area contributed by atoms with Gasteiger partial charge in [-0.1, -0.05) is 54.6 Å². The lowest BCUT2D eigenvalue weighted by atomic mass is 10.1. The first-order valence-electron chi connectivity index (χ1n) is 6.33. The molecule has 1 heterocycles. The Labute approximate surface area is 108 Å². The van der Waals surface area contributed by atoms with Gasteiger partial charge in [-0.2, -0.15) is 0 Å². The van der Waals surface area contributed by atoms with Crippen molar-refractivity contribution in [3.63, 3.8) is 0 Å². The quantitative estimate of drug-likeness (QED) is 0.752. The standard InChI is InChI=1S/C16H17NO/c1-12-8-6-7-11-15(12)16-17(18-16)13(2)14-9-4-3-5-10-14/h3-11,13,16H,1-2H3/t13-,16+,17?/m1/s1. The molecule has 0 aromatic heterocycles. The van der Waals surface area contributed by atoms with Gasteiger partial charge in [-0.05, 0) is 25.0 Å². The van der Waals surface area contributed by atoms with Crippen LogP contribution in [-0.4, -0.2) is 5.06 Å². The lowest BCUT2D eigenvalue weighted by molar-refractivity contribution is 0.155. The van der Waals surface area contributed by atoms with E-state index in [0.29, 0.717) is 0 Å². The van der Waals surface area contributed by atoms with Gasteiger partial charge in [0.05, 0.1) is 6.04 Å². The van der Waals surface area contributed by atoms with Crippen molar-refractivity contribution in [3.8, 4) is 0 Å². The molecule has 18 heavy (non-hydrogen) atoms. The number of nitrogens with zero attached hydrogens (tertiary/aromatic N) is 1. The van der Waals surface area contributed by atoms with Crippen molar-refractivity contribution in [1.29, 1.82) is 0 Å². The molecular formula is C16H17NO. The summed E-state index contributed by atoms with van der Waals surface area (Å²) in [6.45, 7) is 4.30. The van der Waals surface area contributed by atoms with E-state index in [1.807, 2.05) is 6.07 Å². The lowest BCUT2D eigenvalue weighted by Gasteiger charge is -2.10. The van der Waals surface area contributed by atoms with Crippen LogP contribution in [0.2, 0.25) is 0 Å². The first kappa shape index (κ1) is 11.5. The topological polar surface area (TPSA) is 15.5 Å². The zero-order valence-corrected chi connectivity index (χ0v) is 10.7. The van der Waals surface area contributed by atoms with Gasteiger partial charge in [-0.3, -0.25) is 4.84 Å². The molecule has 0 saturated carbocycles. The minimum Gasteiger partial charge on any atom is -0.269 e. The van der Waals surface area contributed by atoms with E-state index in [0.717, 1.165) is 0 Å². The zero-order chi connectivity index (χ0) is 12.5. The van der Waals surface area contributed by atoms with E-state index in [-0.39, 0.29) is 12.3 Å². The van der Waals surface area contributed by atoms with Gasteiger partial charge < -0.3 is 0 Å². The molecule has 2 aromatic carbocycles. The van der Waals surface area contributed by atoms with Crippen LogP contribution in [0.1, 0.15) is 35.9 Å². The van der Waals surface area contributed by atoms with Crippen LogP contribution in [0.4, 0.5) is 0 Å². The maximum absolute atomic E-state index is 5.73. The normalized spacial score (nSPS) is 23.7. The summed E-state index contributed by atoms with van der Waals surface area (Å²) >= 11 is 0. The minimum absolute atomic E-state index is 0.112. The molecule has 0 bridgehead atoms. The molecule has 2 heteroatoms. The van der Waals surface area contributed by atoms with Crippen LogP contribution in [0.3, 0.4) is 0 Å². The van der Waals surface area contributed by atoms with E-state index in [1.54, 1.807) is 0 Å². The number of benzene rings is 2. The molecule has 1 unspecified atom stereocenters.